The van der Waals surface area contributed by atoms with Gasteiger partial charge in [-0.2, -0.15) is 0 Å². The summed E-state index contributed by atoms with van der Waals surface area (Å²) in [5.41, 5.74) is 1.65. The molecule has 7 heteroatoms. The number of halogens is 1. The molecule has 0 heterocycles. The Labute approximate surface area is 212 Å². The van der Waals surface area contributed by atoms with Gasteiger partial charge in [-0.05, 0) is 53.9 Å². The van der Waals surface area contributed by atoms with Crippen LogP contribution in [0.5, 0.6) is 11.5 Å². The van der Waals surface area contributed by atoms with Gasteiger partial charge in [-0.25, -0.2) is 4.39 Å². The van der Waals surface area contributed by atoms with Crippen molar-refractivity contribution < 1.29 is 23.5 Å². The van der Waals surface area contributed by atoms with Gasteiger partial charge >= 0.3 is 0 Å². The molecular weight excluding hydrogens is 459 g/mol. The number of ether oxygens (including phenoxy) is 2. The zero-order valence-electron chi connectivity index (χ0n) is 20.8. The Morgan fingerprint density at radius 3 is 2.22 bits per heavy atom. The Morgan fingerprint density at radius 1 is 0.917 bits per heavy atom. The predicted molar refractivity (Wildman–Crippen MR) is 137 cm³/mol. The molecule has 0 spiro atoms. The Kier molecular flexibility index (Phi) is 10.3. The summed E-state index contributed by atoms with van der Waals surface area (Å²) < 4.78 is 24.4. The van der Waals surface area contributed by atoms with Crippen LogP contribution in [-0.4, -0.2) is 43.0 Å². The van der Waals surface area contributed by atoms with Gasteiger partial charge in [0.1, 0.15) is 23.4 Å². The summed E-state index contributed by atoms with van der Waals surface area (Å²) in [6, 6.07) is 21.7. The molecule has 0 bridgehead atoms. The van der Waals surface area contributed by atoms with Crippen LogP contribution in [0.2, 0.25) is 0 Å². The minimum Gasteiger partial charge on any atom is -0.497 e. The number of rotatable bonds is 13. The standard InChI is InChI=1S/C29H33FN2O4/c1-3-4-18-31-29(34)27(19-22-8-6-5-7-9-22)32(20-23-10-12-24(30)13-11-23)28(33)21-36-26-16-14-25(35-2)15-17-26/h5-17,27H,3-4,18-21H2,1-2H3,(H,31,34). The summed E-state index contributed by atoms with van der Waals surface area (Å²) in [5, 5.41) is 2.97. The minimum absolute atomic E-state index is 0.143. The van der Waals surface area contributed by atoms with Crippen LogP contribution in [0.4, 0.5) is 4.39 Å². The lowest BCUT2D eigenvalue weighted by Gasteiger charge is -2.31. The van der Waals surface area contributed by atoms with Crippen LogP contribution in [-0.2, 0) is 22.6 Å². The Hall–Kier alpha value is -3.87. The van der Waals surface area contributed by atoms with Crippen molar-refractivity contribution in [3.8, 4) is 11.5 Å². The fourth-order valence-electron chi connectivity index (χ4n) is 3.75. The second-order valence-corrected chi connectivity index (χ2v) is 8.46. The highest BCUT2D eigenvalue weighted by atomic mass is 19.1. The van der Waals surface area contributed by atoms with Crippen LogP contribution >= 0.6 is 0 Å². The molecule has 36 heavy (non-hydrogen) atoms. The monoisotopic (exact) mass is 492 g/mol. The second-order valence-electron chi connectivity index (χ2n) is 8.46. The van der Waals surface area contributed by atoms with Crippen molar-refractivity contribution in [3.05, 3.63) is 95.8 Å². The lowest BCUT2D eigenvalue weighted by molar-refractivity contribution is -0.142. The van der Waals surface area contributed by atoms with Crippen LogP contribution < -0.4 is 14.8 Å². The van der Waals surface area contributed by atoms with E-state index in [1.807, 2.05) is 30.3 Å². The number of hydrogen-bond acceptors (Lipinski definition) is 4. The normalized spacial score (nSPS) is 11.4. The topological polar surface area (TPSA) is 67.9 Å². The summed E-state index contributed by atoms with van der Waals surface area (Å²) in [6.07, 6.45) is 2.13. The number of methoxy groups -OCH3 is 1. The van der Waals surface area contributed by atoms with Crippen molar-refractivity contribution in [2.75, 3.05) is 20.3 Å². The molecule has 3 aromatic rings. The highest BCUT2D eigenvalue weighted by molar-refractivity contribution is 5.88. The van der Waals surface area contributed by atoms with Crippen LogP contribution in [0.1, 0.15) is 30.9 Å². The maximum atomic E-state index is 13.5. The van der Waals surface area contributed by atoms with E-state index in [9.17, 15) is 14.0 Å². The molecule has 0 radical (unpaired) electrons. The summed E-state index contributed by atoms with van der Waals surface area (Å²) in [5.74, 6) is 0.253. The average Bonchev–Trinajstić information content (AvgIpc) is 2.91. The molecule has 3 aromatic carbocycles. The van der Waals surface area contributed by atoms with E-state index in [-0.39, 0.29) is 30.8 Å². The van der Waals surface area contributed by atoms with Crippen molar-refractivity contribution in [3.63, 3.8) is 0 Å². The Morgan fingerprint density at radius 2 is 1.58 bits per heavy atom. The molecule has 0 saturated heterocycles. The molecule has 1 N–H and O–H groups in total. The van der Waals surface area contributed by atoms with Gasteiger partial charge in [0.2, 0.25) is 5.91 Å². The number of unbranched alkanes of at least 4 members (excludes halogenated alkanes) is 1. The van der Waals surface area contributed by atoms with E-state index < -0.39 is 6.04 Å². The predicted octanol–water partition coefficient (Wildman–Crippen LogP) is 4.77. The van der Waals surface area contributed by atoms with E-state index in [4.69, 9.17) is 9.47 Å². The highest BCUT2D eigenvalue weighted by Crippen LogP contribution is 2.19. The van der Waals surface area contributed by atoms with Crippen LogP contribution in [0.25, 0.3) is 0 Å². The quantitative estimate of drug-likeness (QED) is 0.349. The SMILES string of the molecule is CCCCNC(=O)C(Cc1ccccc1)N(Cc1ccc(F)cc1)C(=O)COc1ccc(OC)cc1. The van der Waals surface area contributed by atoms with E-state index in [1.165, 1.54) is 17.0 Å². The molecule has 0 aromatic heterocycles. The number of nitrogens with zero attached hydrogens (tertiary/aromatic N) is 1. The highest BCUT2D eigenvalue weighted by Gasteiger charge is 2.30. The summed E-state index contributed by atoms with van der Waals surface area (Å²) in [4.78, 5) is 28.4. The van der Waals surface area contributed by atoms with Gasteiger partial charge < -0.3 is 19.7 Å². The number of benzene rings is 3. The largest absolute Gasteiger partial charge is 0.497 e. The first-order chi connectivity index (χ1) is 17.5. The second kappa shape index (κ2) is 13.9. The maximum absolute atomic E-state index is 13.5. The molecule has 6 nitrogen and oxygen atoms in total. The van der Waals surface area contributed by atoms with E-state index in [2.05, 4.69) is 12.2 Å². The molecule has 3 rings (SSSR count). The summed E-state index contributed by atoms with van der Waals surface area (Å²) >= 11 is 0. The Bertz CT molecular complexity index is 1090. The lowest BCUT2D eigenvalue weighted by atomic mass is 10.0. The molecule has 2 amide bonds. The fraction of sp³-hybridized carbons (Fsp3) is 0.310. The van der Waals surface area contributed by atoms with E-state index in [1.54, 1.807) is 43.5 Å². The van der Waals surface area contributed by atoms with Gasteiger partial charge in [0, 0.05) is 19.5 Å². The molecule has 0 aliphatic rings. The smallest absolute Gasteiger partial charge is 0.261 e. The maximum Gasteiger partial charge on any atom is 0.261 e. The molecule has 0 saturated carbocycles. The molecule has 1 atom stereocenters. The van der Waals surface area contributed by atoms with E-state index >= 15 is 0 Å². The van der Waals surface area contributed by atoms with Gasteiger partial charge in [-0.3, -0.25) is 9.59 Å². The van der Waals surface area contributed by atoms with Crippen molar-refractivity contribution in [1.82, 2.24) is 10.2 Å². The van der Waals surface area contributed by atoms with Crippen molar-refractivity contribution in [2.45, 2.75) is 38.8 Å². The fourth-order valence-corrected chi connectivity index (χ4v) is 3.75. The molecule has 0 aliphatic heterocycles. The average molecular weight is 493 g/mol. The van der Waals surface area contributed by atoms with Crippen LogP contribution in [0.15, 0.2) is 78.9 Å². The van der Waals surface area contributed by atoms with Gasteiger partial charge in [-0.15, -0.1) is 0 Å². The first kappa shape index (κ1) is 26.7. The third-order valence-corrected chi connectivity index (χ3v) is 5.79. The third kappa shape index (κ3) is 8.12. The van der Waals surface area contributed by atoms with Crippen LogP contribution in [0, 0.1) is 5.82 Å². The zero-order chi connectivity index (χ0) is 25.8. The number of amides is 2. The first-order valence-corrected chi connectivity index (χ1v) is 12.1. The lowest BCUT2D eigenvalue weighted by Crippen LogP contribution is -2.51. The molecule has 0 aliphatic carbocycles. The number of hydrogen-bond donors (Lipinski definition) is 1. The first-order valence-electron chi connectivity index (χ1n) is 12.1. The number of carbonyl (C=O) groups is 2. The van der Waals surface area contributed by atoms with E-state index in [0.717, 1.165) is 18.4 Å². The molecular formula is C29H33FN2O4. The van der Waals surface area contributed by atoms with Gasteiger partial charge in [0.25, 0.3) is 5.91 Å². The Balaban J connectivity index is 1.85. The summed E-state index contributed by atoms with van der Waals surface area (Å²) in [7, 11) is 1.57. The van der Waals surface area contributed by atoms with Crippen molar-refractivity contribution in [1.29, 1.82) is 0 Å². The van der Waals surface area contributed by atoms with Crippen molar-refractivity contribution >= 4 is 11.8 Å². The van der Waals surface area contributed by atoms with Crippen molar-refractivity contribution in [2.24, 2.45) is 0 Å². The molecule has 0 fully saturated rings. The number of nitrogens with one attached hydrogen (secondary N) is 1. The third-order valence-electron chi connectivity index (χ3n) is 5.79. The number of carbonyl (C=O) groups excluding carboxylic acids is 2. The minimum atomic E-state index is -0.763. The zero-order valence-corrected chi connectivity index (χ0v) is 20.8. The van der Waals surface area contributed by atoms with E-state index in [0.29, 0.717) is 30.0 Å². The van der Waals surface area contributed by atoms with Gasteiger partial charge in [0.05, 0.1) is 7.11 Å². The summed E-state index contributed by atoms with van der Waals surface area (Å²) in [6.45, 7) is 2.47. The molecule has 1 unspecified atom stereocenters. The van der Waals surface area contributed by atoms with Gasteiger partial charge in [0.15, 0.2) is 6.61 Å². The molecule has 190 valence electrons. The van der Waals surface area contributed by atoms with Gasteiger partial charge in [-0.1, -0.05) is 55.8 Å². The van der Waals surface area contributed by atoms with Crippen LogP contribution in [0.3, 0.4) is 0 Å².